The third kappa shape index (κ3) is 2.35. The van der Waals surface area contributed by atoms with E-state index in [2.05, 4.69) is 75.1 Å². The molecule has 4 rings (SSSR count). The summed E-state index contributed by atoms with van der Waals surface area (Å²) < 4.78 is 0. The van der Waals surface area contributed by atoms with Crippen LogP contribution in [0, 0.1) is 13.8 Å². The van der Waals surface area contributed by atoms with Crippen LogP contribution < -0.4 is 21.2 Å². The molecule has 1 aliphatic rings. The molecule has 122 valence electrons. The summed E-state index contributed by atoms with van der Waals surface area (Å²) in [6.07, 6.45) is 2.05. The van der Waals surface area contributed by atoms with Crippen LogP contribution in [0.25, 0.3) is 10.8 Å². The van der Waals surface area contributed by atoms with Gasteiger partial charge in [0.15, 0.2) is 0 Å². The summed E-state index contributed by atoms with van der Waals surface area (Å²) in [6, 6.07) is 8.76. The molecular formula is C20H22P4. The van der Waals surface area contributed by atoms with Gasteiger partial charge in [-0.1, -0.05) is 24.3 Å². The molecule has 3 aromatic rings. The van der Waals surface area contributed by atoms with Crippen LogP contribution in [-0.2, 0) is 12.8 Å². The SMILES string of the molecule is Cc1c(C)c(P)c2c(c1P)Cc1c(c(P)c3ccccc3c1P)C2. The van der Waals surface area contributed by atoms with Crippen LogP contribution in [-0.4, -0.2) is 0 Å². The van der Waals surface area contributed by atoms with Crippen molar-refractivity contribution >= 4 is 68.9 Å². The van der Waals surface area contributed by atoms with E-state index in [4.69, 9.17) is 0 Å². The lowest BCUT2D eigenvalue weighted by atomic mass is 9.82. The largest absolute Gasteiger partial charge is 0.105 e. The van der Waals surface area contributed by atoms with Gasteiger partial charge in [0, 0.05) is 0 Å². The highest BCUT2D eigenvalue weighted by Gasteiger charge is 2.25. The normalized spacial score (nSPS) is 13.1. The van der Waals surface area contributed by atoms with Gasteiger partial charge >= 0.3 is 0 Å². The third-order valence-corrected chi connectivity index (χ3v) is 8.50. The van der Waals surface area contributed by atoms with E-state index in [0.717, 1.165) is 12.8 Å². The fourth-order valence-electron chi connectivity index (χ4n) is 3.95. The van der Waals surface area contributed by atoms with Crippen LogP contribution in [0.4, 0.5) is 0 Å². The second kappa shape index (κ2) is 6.11. The Labute approximate surface area is 153 Å². The summed E-state index contributed by atoms with van der Waals surface area (Å²) in [5.74, 6) is 0. The average Bonchev–Trinajstić information content (AvgIpc) is 2.61. The van der Waals surface area contributed by atoms with Gasteiger partial charge in [-0.25, -0.2) is 0 Å². The van der Waals surface area contributed by atoms with Crippen LogP contribution in [0.5, 0.6) is 0 Å². The molecule has 0 N–H and O–H groups in total. The van der Waals surface area contributed by atoms with Crippen molar-refractivity contribution in [3.8, 4) is 0 Å². The number of rotatable bonds is 0. The maximum Gasteiger partial charge on any atom is -0.000699 e. The van der Waals surface area contributed by atoms with Crippen molar-refractivity contribution in [1.82, 2.24) is 0 Å². The molecule has 0 saturated carbocycles. The van der Waals surface area contributed by atoms with Crippen LogP contribution in [0.2, 0.25) is 0 Å². The van der Waals surface area contributed by atoms with E-state index in [1.165, 1.54) is 65.4 Å². The quantitative estimate of drug-likeness (QED) is 0.408. The smallest absolute Gasteiger partial charge is 0.000699 e. The highest BCUT2D eigenvalue weighted by molar-refractivity contribution is 7.30. The Kier molecular flexibility index (Phi) is 4.35. The minimum Gasteiger partial charge on any atom is -0.105 e. The minimum atomic E-state index is 1.02. The highest BCUT2D eigenvalue weighted by Crippen LogP contribution is 2.32. The maximum atomic E-state index is 3.01. The molecule has 0 bridgehead atoms. The molecule has 4 unspecified atom stereocenters. The Balaban J connectivity index is 2.05. The molecule has 4 heteroatoms. The molecule has 0 fully saturated rings. The molecule has 0 radical (unpaired) electrons. The fraction of sp³-hybridized carbons (Fsp3) is 0.200. The predicted octanol–water partition coefficient (Wildman–Crippen LogP) is 2.95. The number of fused-ring (bicyclic) bond motifs is 3. The van der Waals surface area contributed by atoms with Gasteiger partial charge in [0.2, 0.25) is 0 Å². The molecule has 24 heavy (non-hydrogen) atoms. The first-order chi connectivity index (χ1) is 11.4. The van der Waals surface area contributed by atoms with Crippen LogP contribution in [0.15, 0.2) is 24.3 Å². The zero-order valence-electron chi connectivity index (χ0n) is 14.0. The van der Waals surface area contributed by atoms with E-state index in [9.17, 15) is 0 Å². The lowest BCUT2D eigenvalue weighted by Crippen LogP contribution is -2.29. The Morgan fingerprint density at radius 3 is 1.29 bits per heavy atom. The van der Waals surface area contributed by atoms with Crippen molar-refractivity contribution in [3.05, 3.63) is 57.6 Å². The Hall–Kier alpha value is -0.360. The second-order valence-electron chi connectivity index (χ2n) is 6.72. The van der Waals surface area contributed by atoms with Crippen molar-refractivity contribution in [3.63, 3.8) is 0 Å². The van der Waals surface area contributed by atoms with E-state index in [-0.39, 0.29) is 0 Å². The predicted molar refractivity (Wildman–Crippen MR) is 123 cm³/mol. The summed E-state index contributed by atoms with van der Waals surface area (Å²) in [6.45, 7) is 4.48. The average molecular weight is 386 g/mol. The maximum absolute atomic E-state index is 3.01. The number of hydrogen-bond acceptors (Lipinski definition) is 0. The monoisotopic (exact) mass is 386 g/mol. The molecule has 0 aliphatic heterocycles. The van der Waals surface area contributed by atoms with Gasteiger partial charge in [0.1, 0.15) is 0 Å². The topological polar surface area (TPSA) is 0 Å². The number of hydrogen-bond donors (Lipinski definition) is 0. The third-order valence-electron chi connectivity index (χ3n) is 5.61. The van der Waals surface area contributed by atoms with Gasteiger partial charge < -0.3 is 0 Å². The van der Waals surface area contributed by atoms with E-state index in [1.54, 1.807) is 0 Å². The molecule has 0 amide bonds. The van der Waals surface area contributed by atoms with Gasteiger partial charge in [0.25, 0.3) is 0 Å². The van der Waals surface area contributed by atoms with Crippen molar-refractivity contribution < 1.29 is 0 Å². The van der Waals surface area contributed by atoms with Crippen LogP contribution >= 0.6 is 37.0 Å². The zero-order valence-corrected chi connectivity index (χ0v) is 18.7. The van der Waals surface area contributed by atoms with E-state index in [1.807, 2.05) is 0 Å². The van der Waals surface area contributed by atoms with Crippen molar-refractivity contribution in [2.24, 2.45) is 0 Å². The molecule has 1 aliphatic carbocycles. The summed E-state index contributed by atoms with van der Waals surface area (Å²) in [5, 5.41) is 8.23. The molecule has 3 aromatic carbocycles. The van der Waals surface area contributed by atoms with Crippen molar-refractivity contribution in [2.45, 2.75) is 26.7 Å². The zero-order chi connectivity index (χ0) is 17.2. The minimum absolute atomic E-state index is 1.02. The first kappa shape index (κ1) is 17.1. The molecule has 0 aromatic heterocycles. The fourth-order valence-corrected chi connectivity index (χ4v) is 5.99. The highest BCUT2D eigenvalue weighted by atomic mass is 31.0. The van der Waals surface area contributed by atoms with Gasteiger partial charge in [-0.15, -0.1) is 37.0 Å². The van der Waals surface area contributed by atoms with E-state index in [0.29, 0.717) is 0 Å². The lowest BCUT2D eigenvalue weighted by molar-refractivity contribution is 1.03. The van der Waals surface area contributed by atoms with Crippen LogP contribution in [0.1, 0.15) is 33.4 Å². The Morgan fingerprint density at radius 2 is 0.917 bits per heavy atom. The molecule has 4 atom stereocenters. The standard InChI is InChI=1S/C20H22P4/c1-9-10(2)18(22)14-8-16-15(7-13(14)17(9)21)19(23)11-5-3-4-6-12(11)20(16)24/h3-6H,7-8,21-24H2,1-2H3. The summed E-state index contributed by atoms with van der Waals surface area (Å²) in [7, 11) is 12.0. The first-order valence-electron chi connectivity index (χ1n) is 8.15. The van der Waals surface area contributed by atoms with Crippen molar-refractivity contribution in [2.75, 3.05) is 0 Å². The summed E-state index contributed by atoms with van der Waals surface area (Å²) in [5.41, 5.74) is 8.81. The van der Waals surface area contributed by atoms with Gasteiger partial charge in [-0.2, -0.15) is 0 Å². The van der Waals surface area contributed by atoms with Gasteiger partial charge in [-0.3, -0.25) is 0 Å². The molecule has 0 saturated heterocycles. The molecule has 0 spiro atoms. The summed E-state index contributed by atoms with van der Waals surface area (Å²) in [4.78, 5) is 0. The Bertz CT molecular complexity index is 937. The lowest BCUT2D eigenvalue weighted by Gasteiger charge is -2.29. The Morgan fingerprint density at radius 1 is 0.583 bits per heavy atom. The molecular weight excluding hydrogens is 364 g/mol. The van der Waals surface area contributed by atoms with E-state index >= 15 is 0 Å². The molecule has 0 nitrogen and oxygen atoms in total. The summed E-state index contributed by atoms with van der Waals surface area (Å²) >= 11 is 0. The number of benzene rings is 3. The van der Waals surface area contributed by atoms with Crippen molar-refractivity contribution in [1.29, 1.82) is 0 Å². The van der Waals surface area contributed by atoms with Gasteiger partial charge in [-0.05, 0) is 92.1 Å². The van der Waals surface area contributed by atoms with Gasteiger partial charge in [0.05, 0.1) is 0 Å². The van der Waals surface area contributed by atoms with E-state index < -0.39 is 0 Å². The molecule has 0 heterocycles. The second-order valence-corrected chi connectivity index (χ2v) is 9.03. The first-order valence-corrected chi connectivity index (χ1v) is 10.5. The van der Waals surface area contributed by atoms with Crippen LogP contribution in [0.3, 0.4) is 0 Å².